The van der Waals surface area contributed by atoms with Crippen molar-refractivity contribution in [3.63, 3.8) is 0 Å². The third kappa shape index (κ3) is 6.87. The number of ether oxygens (including phenoxy) is 2. The Hall–Kier alpha value is -2.37. The third-order valence-corrected chi connectivity index (χ3v) is 4.90. The standard InChI is InChI=1S/C23H33NO5/c1-22(2,3)18-9-7-16(8-10-18)19(25)15-28-20(26)17-11-13-24(14-12-17)21(27)29-23(4,5)6/h7-10,17H,11-15H2,1-6H3. The quantitative estimate of drug-likeness (QED) is 0.552. The highest BCUT2D eigenvalue weighted by atomic mass is 16.6. The van der Waals surface area contributed by atoms with E-state index in [0.29, 0.717) is 31.5 Å². The van der Waals surface area contributed by atoms with E-state index in [9.17, 15) is 14.4 Å². The Morgan fingerprint density at radius 1 is 0.966 bits per heavy atom. The zero-order valence-electron chi connectivity index (χ0n) is 18.4. The lowest BCUT2D eigenvalue weighted by Gasteiger charge is -2.32. The van der Waals surface area contributed by atoms with Crippen LogP contribution in [0.15, 0.2) is 24.3 Å². The molecule has 6 nitrogen and oxygen atoms in total. The normalized spacial score (nSPS) is 15.7. The van der Waals surface area contributed by atoms with Crippen LogP contribution >= 0.6 is 0 Å². The fourth-order valence-electron chi connectivity index (χ4n) is 3.12. The van der Waals surface area contributed by atoms with Crippen molar-refractivity contribution in [3.8, 4) is 0 Å². The smallest absolute Gasteiger partial charge is 0.410 e. The van der Waals surface area contributed by atoms with Crippen LogP contribution in [0.5, 0.6) is 0 Å². The number of amides is 1. The zero-order valence-corrected chi connectivity index (χ0v) is 18.4. The van der Waals surface area contributed by atoms with E-state index in [1.807, 2.05) is 32.9 Å². The van der Waals surface area contributed by atoms with Crippen LogP contribution < -0.4 is 0 Å². The first-order valence-electron chi connectivity index (χ1n) is 10.1. The number of Topliss-reactive ketones (excluding diaryl/α,β-unsaturated/α-hetero) is 1. The molecule has 1 heterocycles. The average molecular weight is 404 g/mol. The fraction of sp³-hybridized carbons (Fsp3) is 0.609. The third-order valence-electron chi connectivity index (χ3n) is 4.90. The molecule has 1 amide bonds. The van der Waals surface area contributed by atoms with Crippen molar-refractivity contribution in [1.29, 1.82) is 0 Å². The number of carbonyl (C=O) groups is 3. The van der Waals surface area contributed by atoms with E-state index < -0.39 is 5.60 Å². The fourth-order valence-corrected chi connectivity index (χ4v) is 3.12. The Balaban J connectivity index is 1.80. The summed E-state index contributed by atoms with van der Waals surface area (Å²) < 4.78 is 10.6. The summed E-state index contributed by atoms with van der Waals surface area (Å²) in [4.78, 5) is 38.3. The lowest BCUT2D eigenvalue weighted by molar-refractivity contribution is -0.149. The largest absolute Gasteiger partial charge is 0.457 e. The van der Waals surface area contributed by atoms with E-state index in [4.69, 9.17) is 9.47 Å². The van der Waals surface area contributed by atoms with Gasteiger partial charge in [-0.15, -0.1) is 0 Å². The first-order valence-corrected chi connectivity index (χ1v) is 10.1. The number of carbonyl (C=O) groups excluding carboxylic acids is 3. The van der Waals surface area contributed by atoms with E-state index in [-0.39, 0.29) is 35.8 Å². The van der Waals surface area contributed by atoms with Crippen LogP contribution in [-0.2, 0) is 19.7 Å². The van der Waals surface area contributed by atoms with Crippen LogP contribution in [0.25, 0.3) is 0 Å². The second-order valence-corrected chi connectivity index (χ2v) is 9.60. The van der Waals surface area contributed by atoms with Gasteiger partial charge in [0.2, 0.25) is 0 Å². The summed E-state index contributed by atoms with van der Waals surface area (Å²) in [6, 6.07) is 7.41. The number of rotatable bonds is 4. The molecule has 0 bridgehead atoms. The van der Waals surface area contributed by atoms with Crippen molar-refractivity contribution in [3.05, 3.63) is 35.4 Å². The topological polar surface area (TPSA) is 72.9 Å². The first kappa shape index (κ1) is 22.9. The van der Waals surface area contributed by atoms with E-state index in [1.54, 1.807) is 17.0 Å². The minimum Gasteiger partial charge on any atom is -0.457 e. The predicted molar refractivity (Wildman–Crippen MR) is 111 cm³/mol. The molecule has 2 rings (SSSR count). The lowest BCUT2D eigenvalue weighted by Crippen LogP contribution is -2.43. The molecule has 0 unspecified atom stereocenters. The number of ketones is 1. The molecule has 29 heavy (non-hydrogen) atoms. The van der Waals surface area contributed by atoms with Crippen LogP contribution in [-0.4, -0.2) is 48.0 Å². The summed E-state index contributed by atoms with van der Waals surface area (Å²) in [6.45, 7) is 12.4. The highest BCUT2D eigenvalue weighted by molar-refractivity contribution is 5.98. The maximum Gasteiger partial charge on any atom is 0.410 e. The number of nitrogens with zero attached hydrogens (tertiary/aromatic N) is 1. The van der Waals surface area contributed by atoms with Gasteiger partial charge in [-0.1, -0.05) is 45.0 Å². The van der Waals surface area contributed by atoms with E-state index in [1.165, 1.54) is 0 Å². The first-order chi connectivity index (χ1) is 13.4. The number of benzene rings is 1. The van der Waals surface area contributed by atoms with Gasteiger partial charge in [0.1, 0.15) is 5.60 Å². The Bertz CT molecular complexity index is 732. The number of hydrogen-bond acceptors (Lipinski definition) is 5. The van der Waals surface area contributed by atoms with Gasteiger partial charge < -0.3 is 14.4 Å². The number of likely N-dealkylation sites (tertiary alicyclic amines) is 1. The minimum absolute atomic E-state index is 0.0161. The molecular formula is C23H33NO5. The van der Waals surface area contributed by atoms with Gasteiger partial charge in [0.05, 0.1) is 5.92 Å². The number of esters is 1. The lowest BCUT2D eigenvalue weighted by atomic mass is 9.86. The van der Waals surface area contributed by atoms with Crippen molar-refractivity contribution in [1.82, 2.24) is 4.90 Å². The summed E-state index contributed by atoms with van der Waals surface area (Å²) in [5.41, 5.74) is 1.15. The number of piperidine rings is 1. The molecular weight excluding hydrogens is 370 g/mol. The highest BCUT2D eigenvalue weighted by Crippen LogP contribution is 2.23. The van der Waals surface area contributed by atoms with Crippen molar-refractivity contribution < 1.29 is 23.9 Å². The molecule has 0 aliphatic carbocycles. The summed E-state index contributed by atoms with van der Waals surface area (Å²) in [7, 11) is 0. The summed E-state index contributed by atoms with van der Waals surface area (Å²) in [6.07, 6.45) is 0.650. The van der Waals surface area contributed by atoms with Crippen LogP contribution in [0.2, 0.25) is 0 Å². The molecule has 1 aromatic carbocycles. The highest BCUT2D eigenvalue weighted by Gasteiger charge is 2.31. The van der Waals surface area contributed by atoms with Crippen LogP contribution in [0.4, 0.5) is 4.79 Å². The van der Waals surface area contributed by atoms with Crippen LogP contribution in [0, 0.1) is 5.92 Å². The van der Waals surface area contributed by atoms with E-state index >= 15 is 0 Å². The van der Waals surface area contributed by atoms with Crippen molar-refractivity contribution in [2.24, 2.45) is 5.92 Å². The molecule has 1 fully saturated rings. The second-order valence-electron chi connectivity index (χ2n) is 9.60. The van der Waals surface area contributed by atoms with Gasteiger partial charge >= 0.3 is 12.1 Å². The molecule has 1 saturated heterocycles. The molecule has 0 aromatic heterocycles. The molecule has 1 aliphatic rings. The van der Waals surface area contributed by atoms with Crippen molar-refractivity contribution in [2.45, 2.75) is 65.4 Å². The summed E-state index contributed by atoms with van der Waals surface area (Å²) in [5, 5.41) is 0. The van der Waals surface area contributed by atoms with Gasteiger partial charge in [0.15, 0.2) is 12.4 Å². The molecule has 160 valence electrons. The van der Waals surface area contributed by atoms with Crippen LogP contribution in [0.3, 0.4) is 0 Å². The Morgan fingerprint density at radius 3 is 2.00 bits per heavy atom. The minimum atomic E-state index is -0.543. The van der Waals surface area contributed by atoms with Gasteiger partial charge in [0, 0.05) is 18.7 Å². The predicted octanol–water partition coefficient (Wildman–Crippen LogP) is 4.36. The molecule has 0 saturated carbocycles. The second kappa shape index (κ2) is 8.97. The van der Waals surface area contributed by atoms with Crippen molar-refractivity contribution in [2.75, 3.05) is 19.7 Å². The Kier molecular flexibility index (Phi) is 7.09. The van der Waals surface area contributed by atoms with Gasteiger partial charge in [-0.25, -0.2) is 4.79 Å². The van der Waals surface area contributed by atoms with Gasteiger partial charge in [-0.3, -0.25) is 9.59 Å². The van der Waals surface area contributed by atoms with Crippen LogP contribution in [0.1, 0.15) is 70.3 Å². The molecule has 1 aliphatic heterocycles. The maximum atomic E-state index is 12.3. The monoisotopic (exact) mass is 403 g/mol. The van der Waals surface area contributed by atoms with E-state index in [0.717, 1.165) is 5.56 Å². The van der Waals surface area contributed by atoms with Gasteiger partial charge in [-0.2, -0.15) is 0 Å². The maximum absolute atomic E-state index is 12.3. The molecule has 1 aromatic rings. The Morgan fingerprint density at radius 2 is 1.52 bits per heavy atom. The summed E-state index contributed by atoms with van der Waals surface area (Å²) >= 11 is 0. The van der Waals surface area contributed by atoms with E-state index in [2.05, 4.69) is 20.8 Å². The Labute approximate surface area is 173 Å². The molecule has 0 radical (unpaired) electrons. The van der Waals surface area contributed by atoms with Gasteiger partial charge in [-0.05, 0) is 44.6 Å². The molecule has 6 heteroatoms. The number of hydrogen-bond donors (Lipinski definition) is 0. The SMILES string of the molecule is CC(C)(C)OC(=O)N1CCC(C(=O)OCC(=O)c2ccc(C(C)(C)C)cc2)CC1. The molecule has 0 spiro atoms. The summed E-state index contributed by atoms with van der Waals surface area (Å²) in [5.74, 6) is -0.900. The van der Waals surface area contributed by atoms with Crippen molar-refractivity contribution >= 4 is 17.8 Å². The zero-order chi connectivity index (χ0) is 21.8. The average Bonchev–Trinajstić information content (AvgIpc) is 2.64. The van der Waals surface area contributed by atoms with Gasteiger partial charge in [0.25, 0.3) is 0 Å². The molecule has 0 N–H and O–H groups in total. The molecule has 0 atom stereocenters.